The zero-order valence-electron chi connectivity index (χ0n) is 22.6. The zero-order valence-corrected chi connectivity index (χ0v) is 23.4. The van der Waals surface area contributed by atoms with Crippen molar-refractivity contribution in [3.63, 3.8) is 0 Å². The van der Waals surface area contributed by atoms with Gasteiger partial charge < -0.3 is 20.5 Å². The van der Waals surface area contributed by atoms with Gasteiger partial charge in [-0.1, -0.05) is 11.6 Å². The summed E-state index contributed by atoms with van der Waals surface area (Å²) in [6.45, 7) is 5.30. The summed E-state index contributed by atoms with van der Waals surface area (Å²) in [7, 11) is 0. The van der Waals surface area contributed by atoms with Crippen molar-refractivity contribution in [3.05, 3.63) is 70.5 Å². The van der Waals surface area contributed by atoms with Crippen LogP contribution in [0.2, 0.25) is 5.02 Å². The molecule has 5 rings (SSSR count). The highest BCUT2D eigenvalue weighted by Gasteiger charge is 2.35. The SMILES string of the molecule is Cc1cc(C(F)(F)F)nn1-c1nc(Nc2ccc(F)c(Cl)c2)ncc1-c1cnc(NCCN2CCOCC2)c(C(=O)O)c1. The molecule has 43 heavy (non-hydrogen) atoms. The minimum absolute atomic E-state index is 0.0577. The minimum Gasteiger partial charge on any atom is -0.478 e. The molecule has 0 spiro atoms. The van der Waals surface area contributed by atoms with E-state index in [9.17, 15) is 27.5 Å². The number of aryl methyl sites for hydroxylation is 1. The largest absolute Gasteiger partial charge is 0.478 e. The van der Waals surface area contributed by atoms with Gasteiger partial charge in [-0.05, 0) is 37.3 Å². The number of pyridine rings is 1. The highest BCUT2D eigenvalue weighted by molar-refractivity contribution is 6.31. The normalized spacial score (nSPS) is 14.1. The van der Waals surface area contributed by atoms with E-state index in [1.54, 1.807) is 0 Å². The Bertz CT molecular complexity index is 1640. The number of alkyl halides is 3. The predicted molar refractivity (Wildman–Crippen MR) is 150 cm³/mol. The quantitative estimate of drug-likeness (QED) is 0.219. The van der Waals surface area contributed by atoms with Crippen LogP contribution in [0.3, 0.4) is 0 Å². The van der Waals surface area contributed by atoms with Crippen molar-refractivity contribution in [2.45, 2.75) is 13.1 Å². The first-order valence-electron chi connectivity index (χ1n) is 13.0. The molecule has 1 fully saturated rings. The third-order valence-corrected chi connectivity index (χ3v) is 6.87. The van der Waals surface area contributed by atoms with Crippen LogP contribution in [0.25, 0.3) is 16.9 Å². The van der Waals surface area contributed by atoms with E-state index in [1.165, 1.54) is 37.5 Å². The third kappa shape index (κ3) is 7.01. The first kappa shape index (κ1) is 30.1. The molecule has 0 atom stereocenters. The lowest BCUT2D eigenvalue weighted by Gasteiger charge is -2.26. The fourth-order valence-corrected chi connectivity index (χ4v) is 4.58. The second-order valence-corrected chi connectivity index (χ2v) is 9.98. The van der Waals surface area contributed by atoms with Gasteiger partial charge in [0.2, 0.25) is 5.95 Å². The summed E-state index contributed by atoms with van der Waals surface area (Å²) in [5.74, 6) is -1.90. The van der Waals surface area contributed by atoms with Gasteiger partial charge in [0.15, 0.2) is 11.5 Å². The lowest BCUT2D eigenvalue weighted by molar-refractivity contribution is -0.141. The molecule has 1 aliphatic rings. The summed E-state index contributed by atoms with van der Waals surface area (Å²) >= 11 is 5.86. The average molecular weight is 621 g/mol. The number of morpholine rings is 1. The predicted octanol–water partition coefficient (Wildman–Crippen LogP) is 5.03. The minimum atomic E-state index is -4.72. The molecule has 11 nitrogen and oxygen atoms in total. The number of carbonyl (C=O) groups is 1. The number of rotatable bonds is 9. The van der Waals surface area contributed by atoms with Gasteiger partial charge in [0.05, 0.1) is 18.2 Å². The summed E-state index contributed by atoms with van der Waals surface area (Å²) in [5.41, 5.74) is -0.472. The molecular formula is C27H25ClF4N8O3. The van der Waals surface area contributed by atoms with Gasteiger partial charge in [0.25, 0.3) is 0 Å². The molecule has 0 aliphatic carbocycles. The van der Waals surface area contributed by atoms with Crippen LogP contribution in [0, 0.1) is 12.7 Å². The van der Waals surface area contributed by atoms with Gasteiger partial charge in [0.1, 0.15) is 17.2 Å². The summed E-state index contributed by atoms with van der Waals surface area (Å²) in [4.78, 5) is 27.3. The lowest BCUT2D eigenvalue weighted by Crippen LogP contribution is -2.39. The van der Waals surface area contributed by atoms with Gasteiger partial charge in [-0.25, -0.2) is 23.8 Å². The molecule has 0 radical (unpaired) electrons. The van der Waals surface area contributed by atoms with Crippen LogP contribution in [-0.2, 0) is 10.9 Å². The van der Waals surface area contributed by atoms with Crippen LogP contribution in [0.15, 0.2) is 42.7 Å². The molecule has 1 saturated heterocycles. The van der Waals surface area contributed by atoms with E-state index in [-0.39, 0.29) is 45.0 Å². The van der Waals surface area contributed by atoms with Crippen molar-refractivity contribution in [2.75, 3.05) is 50.0 Å². The van der Waals surface area contributed by atoms with Crippen LogP contribution in [0.1, 0.15) is 21.7 Å². The molecule has 3 N–H and O–H groups in total. The van der Waals surface area contributed by atoms with Crippen molar-refractivity contribution < 1.29 is 32.2 Å². The maximum Gasteiger partial charge on any atom is 0.435 e. The van der Waals surface area contributed by atoms with Crippen molar-refractivity contribution in [2.24, 2.45) is 0 Å². The van der Waals surface area contributed by atoms with Crippen LogP contribution in [0.4, 0.5) is 35.0 Å². The first-order chi connectivity index (χ1) is 20.5. The standard InChI is InChI=1S/C27H25ClF4N8O3/c1-15-10-22(27(30,31)32)38-40(15)24-19(14-35-26(37-24)36-17-2-3-21(29)20(28)12-17)16-11-18(25(41)42)23(34-13-16)33-4-5-39-6-8-43-9-7-39/h2-3,10-14H,4-9H2,1H3,(H,33,34)(H,41,42)(H,35,36,37). The van der Waals surface area contributed by atoms with Gasteiger partial charge in [-0.2, -0.15) is 23.3 Å². The fourth-order valence-electron chi connectivity index (χ4n) is 4.40. The Hall–Kier alpha value is -4.34. The van der Waals surface area contributed by atoms with Crippen LogP contribution in [-0.4, -0.2) is 80.1 Å². The number of carboxylic acid groups (broad SMARTS) is 1. The maximum absolute atomic E-state index is 13.6. The van der Waals surface area contributed by atoms with Crippen molar-refractivity contribution in [1.29, 1.82) is 0 Å². The number of hydrogen-bond donors (Lipinski definition) is 3. The Morgan fingerprint density at radius 3 is 2.58 bits per heavy atom. The van der Waals surface area contributed by atoms with E-state index in [1.807, 2.05) is 0 Å². The molecule has 3 aromatic heterocycles. The molecule has 4 heterocycles. The van der Waals surface area contributed by atoms with E-state index in [0.29, 0.717) is 32.0 Å². The second-order valence-electron chi connectivity index (χ2n) is 9.57. The average Bonchev–Trinajstić information content (AvgIpc) is 3.38. The summed E-state index contributed by atoms with van der Waals surface area (Å²) in [6.07, 6.45) is -2.04. The number of ether oxygens (including phenoxy) is 1. The maximum atomic E-state index is 13.6. The Morgan fingerprint density at radius 2 is 1.91 bits per heavy atom. The summed E-state index contributed by atoms with van der Waals surface area (Å²) in [5, 5.41) is 19.4. The monoisotopic (exact) mass is 620 g/mol. The highest BCUT2D eigenvalue weighted by Crippen LogP contribution is 2.33. The number of nitrogens with zero attached hydrogens (tertiary/aromatic N) is 6. The Morgan fingerprint density at radius 1 is 1.14 bits per heavy atom. The van der Waals surface area contributed by atoms with E-state index in [4.69, 9.17) is 16.3 Å². The molecule has 16 heteroatoms. The first-order valence-corrected chi connectivity index (χ1v) is 13.4. The third-order valence-electron chi connectivity index (χ3n) is 6.58. The lowest BCUT2D eigenvalue weighted by atomic mass is 10.1. The zero-order chi connectivity index (χ0) is 30.7. The number of hydrogen-bond acceptors (Lipinski definition) is 9. The molecule has 0 saturated carbocycles. The molecule has 0 bridgehead atoms. The number of nitrogens with one attached hydrogen (secondary N) is 2. The van der Waals surface area contributed by atoms with Crippen molar-refractivity contribution >= 4 is 35.0 Å². The van der Waals surface area contributed by atoms with E-state index >= 15 is 0 Å². The summed E-state index contributed by atoms with van der Waals surface area (Å²) in [6, 6.07) is 6.00. The van der Waals surface area contributed by atoms with Crippen molar-refractivity contribution in [3.8, 4) is 16.9 Å². The number of halogens is 5. The molecule has 1 aliphatic heterocycles. The number of anilines is 3. The molecule has 1 aromatic carbocycles. The second kappa shape index (κ2) is 12.5. The molecular weight excluding hydrogens is 596 g/mol. The Labute approximate surface area is 247 Å². The molecule has 226 valence electrons. The summed E-state index contributed by atoms with van der Waals surface area (Å²) < 4.78 is 60.5. The molecule has 0 amide bonds. The number of carboxylic acids is 1. The van der Waals surface area contributed by atoms with E-state index < -0.39 is 23.7 Å². The van der Waals surface area contributed by atoms with Gasteiger partial charge in [-0.15, -0.1) is 0 Å². The topological polar surface area (TPSA) is 130 Å². The number of aromatic nitrogens is 5. The Kier molecular flexibility index (Phi) is 8.75. The number of benzene rings is 1. The van der Waals surface area contributed by atoms with Gasteiger partial charge in [-0.3, -0.25) is 4.90 Å². The molecule has 4 aromatic rings. The van der Waals surface area contributed by atoms with Gasteiger partial charge in [0, 0.05) is 61.1 Å². The smallest absolute Gasteiger partial charge is 0.435 e. The van der Waals surface area contributed by atoms with E-state index in [2.05, 4.69) is 35.6 Å². The highest BCUT2D eigenvalue weighted by atomic mass is 35.5. The van der Waals surface area contributed by atoms with Crippen LogP contribution < -0.4 is 10.6 Å². The number of aromatic carboxylic acids is 1. The van der Waals surface area contributed by atoms with Crippen molar-refractivity contribution in [1.82, 2.24) is 29.6 Å². The van der Waals surface area contributed by atoms with Gasteiger partial charge >= 0.3 is 12.1 Å². The van der Waals surface area contributed by atoms with Crippen LogP contribution >= 0.6 is 11.6 Å². The molecule has 0 unspecified atom stereocenters. The fraction of sp³-hybridized carbons (Fsp3) is 0.296. The van der Waals surface area contributed by atoms with E-state index in [0.717, 1.165) is 29.9 Å². The Balaban J connectivity index is 1.52. The van der Waals surface area contributed by atoms with Crippen LogP contribution in [0.5, 0.6) is 0 Å².